The molecule has 0 radical (unpaired) electrons. The minimum atomic E-state index is 0.0749. The van der Waals surface area contributed by atoms with E-state index >= 15 is 0 Å². The highest BCUT2D eigenvalue weighted by atomic mass is 79.9. The maximum Gasteiger partial charge on any atom is 0.0486 e. The van der Waals surface area contributed by atoms with E-state index in [1.54, 1.807) is 0 Å². The molecule has 0 saturated carbocycles. The molecule has 0 heterocycles. The third-order valence-electron chi connectivity index (χ3n) is 4.11. The summed E-state index contributed by atoms with van der Waals surface area (Å²) in [5.41, 5.74) is 13.7. The second-order valence-corrected chi connectivity index (χ2v) is 6.24. The molecule has 1 aliphatic carbocycles. The number of hydrogen-bond acceptors (Lipinski definition) is 3. The first kappa shape index (κ1) is 13.6. The number of nitrogen functional groups attached to an aromatic ring is 1. The molecule has 0 bridgehead atoms. The first-order valence-electron chi connectivity index (χ1n) is 6.78. The van der Waals surface area contributed by atoms with Gasteiger partial charge in [0.2, 0.25) is 0 Å². The number of nitrogens with one attached hydrogen (secondary N) is 1. The summed E-state index contributed by atoms with van der Waals surface area (Å²) < 4.78 is 1.02. The molecule has 0 aliphatic heterocycles. The van der Waals surface area contributed by atoms with Crippen molar-refractivity contribution < 1.29 is 0 Å². The smallest absolute Gasteiger partial charge is 0.0486 e. The van der Waals surface area contributed by atoms with Crippen molar-refractivity contribution in [2.75, 3.05) is 5.73 Å². The Morgan fingerprint density at radius 1 is 1.25 bits per heavy atom. The first-order valence-corrected chi connectivity index (χ1v) is 7.57. The largest absolute Gasteiger partial charge is 0.398 e. The van der Waals surface area contributed by atoms with Crippen LogP contribution in [0.2, 0.25) is 0 Å². The summed E-state index contributed by atoms with van der Waals surface area (Å²) in [4.78, 5) is 0. The highest BCUT2D eigenvalue weighted by Gasteiger charge is 2.28. The molecule has 3 nitrogen and oxygen atoms in total. The SMILES string of the molecule is NNC(CC1Cc2ccccc21)c1cc(Br)ccc1N. The minimum Gasteiger partial charge on any atom is -0.398 e. The van der Waals surface area contributed by atoms with E-state index in [0.717, 1.165) is 28.6 Å². The molecule has 0 aromatic heterocycles. The average molecular weight is 332 g/mol. The molecule has 2 unspecified atom stereocenters. The molecule has 5 N–H and O–H groups in total. The zero-order valence-electron chi connectivity index (χ0n) is 11.1. The van der Waals surface area contributed by atoms with Gasteiger partial charge in [-0.2, -0.15) is 0 Å². The third kappa shape index (κ3) is 2.46. The number of anilines is 1. The lowest BCUT2D eigenvalue weighted by Crippen LogP contribution is -2.32. The minimum absolute atomic E-state index is 0.0749. The highest BCUT2D eigenvalue weighted by molar-refractivity contribution is 9.10. The summed E-state index contributed by atoms with van der Waals surface area (Å²) >= 11 is 3.49. The molecule has 0 amide bonds. The van der Waals surface area contributed by atoms with Crippen molar-refractivity contribution in [1.82, 2.24) is 5.43 Å². The van der Waals surface area contributed by atoms with E-state index in [1.165, 1.54) is 11.1 Å². The molecule has 2 aromatic rings. The van der Waals surface area contributed by atoms with E-state index in [-0.39, 0.29) is 6.04 Å². The monoisotopic (exact) mass is 331 g/mol. The Hall–Kier alpha value is -1.36. The molecular formula is C16H18BrN3. The van der Waals surface area contributed by atoms with E-state index in [9.17, 15) is 0 Å². The molecule has 104 valence electrons. The van der Waals surface area contributed by atoms with Gasteiger partial charge in [0, 0.05) is 16.2 Å². The van der Waals surface area contributed by atoms with E-state index < -0.39 is 0 Å². The van der Waals surface area contributed by atoms with Crippen molar-refractivity contribution >= 4 is 21.6 Å². The molecule has 4 heteroatoms. The van der Waals surface area contributed by atoms with Crippen molar-refractivity contribution in [2.24, 2.45) is 5.84 Å². The van der Waals surface area contributed by atoms with Crippen LogP contribution in [0, 0.1) is 0 Å². The van der Waals surface area contributed by atoms with Crippen molar-refractivity contribution in [2.45, 2.75) is 24.8 Å². The lowest BCUT2D eigenvalue weighted by atomic mass is 9.74. The van der Waals surface area contributed by atoms with Gasteiger partial charge >= 0.3 is 0 Å². The van der Waals surface area contributed by atoms with Crippen LogP contribution in [-0.4, -0.2) is 0 Å². The van der Waals surface area contributed by atoms with E-state index in [1.807, 2.05) is 18.2 Å². The average Bonchev–Trinajstić information content (AvgIpc) is 2.43. The Bertz CT molecular complexity index is 627. The Balaban J connectivity index is 1.80. The number of hydrazine groups is 1. The molecule has 2 atom stereocenters. The fourth-order valence-corrected chi connectivity index (χ4v) is 3.37. The third-order valence-corrected chi connectivity index (χ3v) is 4.60. The fourth-order valence-electron chi connectivity index (χ4n) is 2.99. The van der Waals surface area contributed by atoms with Gasteiger partial charge in [0.05, 0.1) is 0 Å². The molecule has 0 spiro atoms. The van der Waals surface area contributed by atoms with Gasteiger partial charge in [0.25, 0.3) is 0 Å². The Morgan fingerprint density at radius 2 is 2.05 bits per heavy atom. The normalized spacial score (nSPS) is 18.2. The zero-order valence-corrected chi connectivity index (χ0v) is 12.7. The number of rotatable bonds is 4. The van der Waals surface area contributed by atoms with Gasteiger partial charge in [-0.15, -0.1) is 0 Å². The van der Waals surface area contributed by atoms with Gasteiger partial charge in [-0.25, -0.2) is 0 Å². The molecule has 20 heavy (non-hydrogen) atoms. The lowest BCUT2D eigenvalue weighted by Gasteiger charge is -2.33. The van der Waals surface area contributed by atoms with Crippen LogP contribution in [0.15, 0.2) is 46.9 Å². The maximum atomic E-state index is 6.08. The predicted octanol–water partition coefficient (Wildman–Crippen LogP) is 3.27. The van der Waals surface area contributed by atoms with Crippen LogP contribution in [0.4, 0.5) is 5.69 Å². The number of halogens is 1. The van der Waals surface area contributed by atoms with Crippen LogP contribution < -0.4 is 17.0 Å². The summed E-state index contributed by atoms with van der Waals surface area (Å²) in [6, 6.07) is 14.6. The quantitative estimate of drug-likeness (QED) is 0.457. The molecule has 3 rings (SSSR count). The Labute approximate surface area is 127 Å². The Kier molecular flexibility index (Phi) is 3.78. The van der Waals surface area contributed by atoms with E-state index in [2.05, 4.69) is 45.6 Å². The van der Waals surface area contributed by atoms with Gasteiger partial charge in [-0.3, -0.25) is 11.3 Å². The van der Waals surface area contributed by atoms with Crippen molar-refractivity contribution in [3.8, 4) is 0 Å². The fraction of sp³-hybridized carbons (Fsp3) is 0.250. The van der Waals surface area contributed by atoms with Crippen LogP contribution in [0.5, 0.6) is 0 Å². The van der Waals surface area contributed by atoms with Gasteiger partial charge in [0.1, 0.15) is 0 Å². The number of benzene rings is 2. The molecular weight excluding hydrogens is 314 g/mol. The van der Waals surface area contributed by atoms with E-state index in [0.29, 0.717) is 5.92 Å². The number of fused-ring (bicyclic) bond motifs is 1. The molecule has 1 aliphatic rings. The van der Waals surface area contributed by atoms with Gasteiger partial charge < -0.3 is 5.73 Å². The summed E-state index contributed by atoms with van der Waals surface area (Å²) in [6.07, 6.45) is 2.09. The van der Waals surface area contributed by atoms with Crippen molar-refractivity contribution in [3.63, 3.8) is 0 Å². The zero-order chi connectivity index (χ0) is 14.1. The topological polar surface area (TPSA) is 64.1 Å². The summed E-state index contributed by atoms with van der Waals surface area (Å²) in [7, 11) is 0. The lowest BCUT2D eigenvalue weighted by molar-refractivity contribution is 0.436. The molecule has 2 aromatic carbocycles. The second kappa shape index (κ2) is 5.56. The van der Waals surface area contributed by atoms with E-state index in [4.69, 9.17) is 11.6 Å². The van der Waals surface area contributed by atoms with Gasteiger partial charge in [-0.1, -0.05) is 40.2 Å². The molecule has 0 saturated heterocycles. The summed E-state index contributed by atoms with van der Waals surface area (Å²) in [5.74, 6) is 6.31. The van der Waals surface area contributed by atoms with Crippen LogP contribution in [-0.2, 0) is 6.42 Å². The number of nitrogens with two attached hydrogens (primary N) is 2. The Morgan fingerprint density at radius 3 is 2.80 bits per heavy atom. The van der Waals surface area contributed by atoms with Crippen LogP contribution in [0.1, 0.15) is 35.1 Å². The maximum absolute atomic E-state index is 6.08. The summed E-state index contributed by atoms with van der Waals surface area (Å²) in [5, 5.41) is 0. The standard InChI is InChI=1S/C16H18BrN3/c17-12-5-6-15(18)14(9-12)16(20-19)8-11-7-10-3-1-2-4-13(10)11/h1-6,9,11,16,20H,7-8,18-19H2. The number of hydrogen-bond donors (Lipinski definition) is 3. The van der Waals surface area contributed by atoms with Crippen LogP contribution in [0.3, 0.4) is 0 Å². The molecule has 0 fully saturated rings. The second-order valence-electron chi connectivity index (χ2n) is 5.33. The first-order chi connectivity index (χ1) is 9.69. The predicted molar refractivity (Wildman–Crippen MR) is 86.1 cm³/mol. The van der Waals surface area contributed by atoms with Gasteiger partial charge in [0.15, 0.2) is 0 Å². The van der Waals surface area contributed by atoms with Crippen molar-refractivity contribution in [1.29, 1.82) is 0 Å². The van der Waals surface area contributed by atoms with Crippen LogP contribution >= 0.6 is 15.9 Å². The van der Waals surface area contributed by atoms with Crippen molar-refractivity contribution in [3.05, 3.63) is 63.6 Å². The highest BCUT2D eigenvalue weighted by Crippen LogP contribution is 2.41. The van der Waals surface area contributed by atoms with Gasteiger partial charge in [-0.05, 0) is 53.6 Å². The van der Waals surface area contributed by atoms with Crippen LogP contribution in [0.25, 0.3) is 0 Å². The summed E-state index contributed by atoms with van der Waals surface area (Å²) in [6.45, 7) is 0.